The molecule has 2 atom stereocenters. The highest BCUT2D eigenvalue weighted by atomic mass is 16.5. The third kappa shape index (κ3) is 8.22. The van der Waals surface area contributed by atoms with Gasteiger partial charge in [0.15, 0.2) is 6.10 Å². The molecule has 1 aliphatic rings. The number of aryl methyl sites for hydroxylation is 4. The van der Waals surface area contributed by atoms with Gasteiger partial charge in [-0.15, -0.1) is 0 Å². The van der Waals surface area contributed by atoms with Crippen molar-refractivity contribution in [1.82, 2.24) is 4.90 Å². The summed E-state index contributed by atoms with van der Waals surface area (Å²) < 4.78 is 11.6. The van der Waals surface area contributed by atoms with E-state index in [0.717, 1.165) is 43.5 Å². The van der Waals surface area contributed by atoms with E-state index in [1.54, 1.807) is 0 Å². The van der Waals surface area contributed by atoms with E-state index in [1.165, 1.54) is 44.5 Å². The van der Waals surface area contributed by atoms with Crippen molar-refractivity contribution in [2.45, 2.75) is 51.2 Å². The lowest BCUT2D eigenvalue weighted by molar-refractivity contribution is -0.149. The van der Waals surface area contributed by atoms with Crippen LogP contribution in [0.5, 0.6) is 5.75 Å². The van der Waals surface area contributed by atoms with E-state index >= 15 is 0 Å². The largest absolute Gasteiger partial charge is 0.492 e. The maximum atomic E-state index is 11.5. The second-order valence-electron chi connectivity index (χ2n) is 12.7. The molecule has 6 rings (SSSR count). The summed E-state index contributed by atoms with van der Waals surface area (Å²) in [6, 6.07) is 43.3. The summed E-state index contributed by atoms with van der Waals surface area (Å²) in [5, 5.41) is 9.43. The average molecular weight is 640 g/mol. The minimum Gasteiger partial charge on any atom is -0.492 e. The molecule has 1 aliphatic carbocycles. The molecular formula is C43H45NO4. The van der Waals surface area contributed by atoms with Crippen molar-refractivity contribution in [2.75, 3.05) is 26.8 Å². The number of hydrogen-bond acceptors (Lipinski definition) is 4. The van der Waals surface area contributed by atoms with Gasteiger partial charge in [-0.25, -0.2) is 4.79 Å². The molecule has 246 valence electrons. The molecule has 0 aliphatic heterocycles. The monoisotopic (exact) mass is 639 g/mol. The van der Waals surface area contributed by atoms with Crippen LogP contribution >= 0.6 is 0 Å². The smallest absolute Gasteiger partial charge is 0.333 e. The first-order valence-electron chi connectivity index (χ1n) is 17.1. The Morgan fingerprint density at radius 2 is 1.38 bits per heavy atom. The highest BCUT2D eigenvalue weighted by molar-refractivity contribution is 5.72. The number of nitrogens with zero attached hydrogens (tertiary/aromatic N) is 1. The normalized spacial score (nSPS) is 14.5. The maximum absolute atomic E-state index is 11.5. The van der Waals surface area contributed by atoms with E-state index in [2.05, 4.69) is 109 Å². The zero-order valence-corrected chi connectivity index (χ0v) is 28.0. The Balaban J connectivity index is 1.20. The molecule has 1 N–H and O–H groups in total. The van der Waals surface area contributed by atoms with E-state index in [9.17, 15) is 9.90 Å². The number of benzene rings is 5. The lowest BCUT2D eigenvalue weighted by atomic mass is 9.90. The van der Waals surface area contributed by atoms with Crippen LogP contribution in [0.4, 0.5) is 0 Å². The fourth-order valence-electron chi connectivity index (χ4n) is 6.83. The molecule has 2 unspecified atom stereocenters. The molecule has 0 saturated heterocycles. The molecule has 0 radical (unpaired) electrons. The SMILES string of the molecule is CCOC(Cc1ccc(OCCN(C)C2c3ccc(CCc4ccccc4)cc3CCc3cc(-c4ccccc4)ccc32)cc1)C(=O)O. The van der Waals surface area contributed by atoms with Crippen LogP contribution in [-0.2, 0) is 41.6 Å². The molecule has 0 heterocycles. The third-order valence-electron chi connectivity index (χ3n) is 9.40. The van der Waals surface area contributed by atoms with Gasteiger partial charge in [-0.3, -0.25) is 4.90 Å². The van der Waals surface area contributed by atoms with Gasteiger partial charge in [0.25, 0.3) is 0 Å². The zero-order valence-electron chi connectivity index (χ0n) is 28.0. The van der Waals surface area contributed by atoms with Crippen molar-refractivity contribution in [1.29, 1.82) is 0 Å². The van der Waals surface area contributed by atoms with Crippen LogP contribution in [0.2, 0.25) is 0 Å². The molecule has 5 aromatic rings. The second-order valence-corrected chi connectivity index (χ2v) is 12.7. The number of carbonyl (C=O) groups is 1. The lowest BCUT2D eigenvalue weighted by Crippen LogP contribution is -2.30. The summed E-state index contributed by atoms with van der Waals surface area (Å²) in [6.45, 7) is 3.45. The topological polar surface area (TPSA) is 59.0 Å². The number of ether oxygens (including phenoxy) is 2. The molecule has 0 bridgehead atoms. The Morgan fingerprint density at radius 1 is 0.750 bits per heavy atom. The highest BCUT2D eigenvalue weighted by Crippen LogP contribution is 2.38. The average Bonchev–Trinajstić information content (AvgIpc) is 3.28. The van der Waals surface area contributed by atoms with Gasteiger partial charge >= 0.3 is 5.97 Å². The number of fused-ring (bicyclic) bond motifs is 2. The summed E-state index contributed by atoms with van der Waals surface area (Å²) >= 11 is 0. The Morgan fingerprint density at radius 3 is 2.06 bits per heavy atom. The van der Waals surface area contributed by atoms with Crippen molar-refractivity contribution >= 4 is 5.97 Å². The third-order valence-corrected chi connectivity index (χ3v) is 9.40. The number of hydrogen-bond donors (Lipinski definition) is 1. The quantitative estimate of drug-likeness (QED) is 0.132. The molecule has 0 aromatic heterocycles. The standard InChI is InChI=1S/C43H45NO4/c1-3-47-41(43(45)46)29-33-16-22-38(23-17-33)48-27-26-44(2)42-39-24-18-32(15-14-31-10-6-4-7-11-31)28-36(39)19-20-37-30-35(21-25-40(37)42)34-12-8-5-9-13-34/h4-13,16-18,21-25,28,30,41-42H,3,14-15,19-20,26-27,29H2,1-2H3,(H,45,46). The van der Waals surface area contributed by atoms with Crippen LogP contribution in [0, 0.1) is 0 Å². The molecule has 5 nitrogen and oxygen atoms in total. The number of rotatable bonds is 14. The zero-order chi connectivity index (χ0) is 33.3. The minimum absolute atomic E-state index is 0.114. The van der Waals surface area contributed by atoms with Crippen LogP contribution < -0.4 is 4.74 Å². The number of carboxylic acids is 1. The van der Waals surface area contributed by atoms with E-state index in [-0.39, 0.29) is 6.04 Å². The van der Waals surface area contributed by atoms with Crippen LogP contribution in [0.15, 0.2) is 121 Å². The van der Waals surface area contributed by atoms with Crippen LogP contribution in [-0.4, -0.2) is 48.9 Å². The minimum atomic E-state index is -0.943. The van der Waals surface area contributed by atoms with Gasteiger partial charge in [-0.1, -0.05) is 109 Å². The Kier molecular flexibility index (Phi) is 11.0. The van der Waals surface area contributed by atoms with Gasteiger partial charge in [0, 0.05) is 19.6 Å². The Hall–Kier alpha value is -4.71. The van der Waals surface area contributed by atoms with E-state index < -0.39 is 12.1 Å². The summed E-state index contributed by atoms with van der Waals surface area (Å²) in [5.74, 6) is -0.172. The van der Waals surface area contributed by atoms with Gasteiger partial charge in [0.1, 0.15) is 12.4 Å². The van der Waals surface area contributed by atoms with Gasteiger partial charge in [0.2, 0.25) is 0 Å². The highest BCUT2D eigenvalue weighted by Gasteiger charge is 2.27. The van der Waals surface area contributed by atoms with E-state index in [4.69, 9.17) is 9.47 Å². The van der Waals surface area contributed by atoms with E-state index in [1.807, 2.05) is 31.2 Å². The number of aliphatic carboxylic acids is 1. The molecule has 0 saturated carbocycles. The summed E-state index contributed by atoms with van der Waals surface area (Å²) in [5.41, 5.74) is 11.7. The van der Waals surface area contributed by atoms with Gasteiger partial charge in [-0.05, 0) is 102 Å². The second kappa shape index (κ2) is 15.9. The molecule has 0 amide bonds. The Bertz CT molecular complexity index is 1790. The van der Waals surface area contributed by atoms with Crippen molar-refractivity contribution in [3.63, 3.8) is 0 Å². The fourth-order valence-corrected chi connectivity index (χ4v) is 6.83. The molecular weight excluding hydrogens is 594 g/mol. The number of carboxylic acid groups (broad SMARTS) is 1. The van der Waals surface area contributed by atoms with Crippen LogP contribution in [0.1, 0.15) is 51.9 Å². The Labute approximate surface area is 284 Å². The predicted molar refractivity (Wildman–Crippen MR) is 193 cm³/mol. The molecule has 0 spiro atoms. The van der Waals surface area contributed by atoms with Crippen molar-refractivity contribution in [3.8, 4) is 16.9 Å². The van der Waals surface area contributed by atoms with E-state index in [0.29, 0.717) is 19.6 Å². The predicted octanol–water partition coefficient (Wildman–Crippen LogP) is 8.37. The number of likely N-dealkylation sites (N-methyl/N-ethyl adjacent to an activating group) is 1. The van der Waals surface area contributed by atoms with Crippen LogP contribution in [0.3, 0.4) is 0 Å². The summed E-state index contributed by atoms with van der Waals surface area (Å²) in [4.78, 5) is 13.9. The van der Waals surface area contributed by atoms with Crippen LogP contribution in [0.25, 0.3) is 11.1 Å². The lowest BCUT2D eigenvalue weighted by Gasteiger charge is -2.31. The summed E-state index contributed by atoms with van der Waals surface area (Å²) in [7, 11) is 2.20. The first-order valence-corrected chi connectivity index (χ1v) is 17.1. The maximum Gasteiger partial charge on any atom is 0.333 e. The fraction of sp³-hybridized carbons (Fsp3) is 0.279. The van der Waals surface area contributed by atoms with Crippen molar-refractivity contribution in [3.05, 3.63) is 160 Å². The molecule has 0 fully saturated rings. The first kappa shape index (κ1) is 33.2. The molecule has 5 aromatic carbocycles. The van der Waals surface area contributed by atoms with Gasteiger partial charge < -0.3 is 14.6 Å². The van der Waals surface area contributed by atoms with Crippen molar-refractivity contribution < 1.29 is 19.4 Å². The summed E-state index contributed by atoms with van der Waals surface area (Å²) in [6.07, 6.45) is 3.56. The first-order chi connectivity index (χ1) is 23.5. The van der Waals surface area contributed by atoms with Gasteiger partial charge in [-0.2, -0.15) is 0 Å². The van der Waals surface area contributed by atoms with Crippen molar-refractivity contribution in [2.24, 2.45) is 0 Å². The van der Waals surface area contributed by atoms with Gasteiger partial charge in [0.05, 0.1) is 6.04 Å². The molecule has 48 heavy (non-hydrogen) atoms. The molecule has 5 heteroatoms.